The molecule has 122 valence electrons. The zero-order chi connectivity index (χ0) is 17.1. The summed E-state index contributed by atoms with van der Waals surface area (Å²) in [5.74, 6) is 0.580. The first-order valence-corrected chi connectivity index (χ1v) is 7.61. The second kappa shape index (κ2) is 6.48. The molecule has 0 amide bonds. The van der Waals surface area contributed by atoms with E-state index in [0.29, 0.717) is 28.6 Å². The van der Waals surface area contributed by atoms with E-state index < -0.39 is 0 Å². The predicted octanol–water partition coefficient (Wildman–Crippen LogP) is 4.05. The number of nitrogens with one attached hydrogen (secondary N) is 2. The first-order chi connectivity index (χ1) is 12.3. The van der Waals surface area contributed by atoms with Gasteiger partial charge < -0.3 is 10.6 Å². The Kier molecular flexibility index (Phi) is 3.88. The molecule has 0 bridgehead atoms. The average molecular weight is 332 g/mol. The van der Waals surface area contributed by atoms with E-state index in [-0.39, 0.29) is 5.82 Å². The van der Waals surface area contributed by atoms with E-state index in [1.165, 1.54) is 12.1 Å². The van der Waals surface area contributed by atoms with Gasteiger partial charge in [-0.05, 0) is 36.4 Å². The lowest BCUT2D eigenvalue weighted by Gasteiger charge is -2.10. The van der Waals surface area contributed by atoms with Crippen molar-refractivity contribution < 1.29 is 4.39 Å². The molecule has 25 heavy (non-hydrogen) atoms. The highest BCUT2D eigenvalue weighted by Crippen LogP contribution is 2.23. The third-order valence-corrected chi connectivity index (χ3v) is 3.47. The summed E-state index contributed by atoms with van der Waals surface area (Å²) in [7, 11) is 0. The van der Waals surface area contributed by atoms with Crippen molar-refractivity contribution in [2.24, 2.45) is 0 Å². The van der Waals surface area contributed by atoms with Gasteiger partial charge in [0.2, 0.25) is 5.95 Å². The summed E-state index contributed by atoms with van der Waals surface area (Å²) < 4.78 is 13.1. The number of para-hydroxylation sites is 1. The maximum atomic E-state index is 13.1. The molecule has 2 aromatic carbocycles. The molecule has 0 fully saturated rings. The fourth-order valence-corrected chi connectivity index (χ4v) is 2.33. The van der Waals surface area contributed by atoms with E-state index in [1.54, 1.807) is 24.5 Å². The molecule has 0 radical (unpaired) electrons. The Morgan fingerprint density at radius 3 is 2.24 bits per heavy atom. The van der Waals surface area contributed by atoms with Crippen LogP contribution in [0.15, 0.2) is 67.0 Å². The average Bonchev–Trinajstić information content (AvgIpc) is 2.64. The summed E-state index contributed by atoms with van der Waals surface area (Å²) in [6.45, 7) is 0. The first-order valence-electron chi connectivity index (χ1n) is 7.61. The number of fused-ring (bicyclic) bond motifs is 1. The van der Waals surface area contributed by atoms with E-state index in [1.807, 2.05) is 30.3 Å². The van der Waals surface area contributed by atoms with Crippen molar-refractivity contribution in [3.05, 3.63) is 72.8 Å². The van der Waals surface area contributed by atoms with Crippen LogP contribution in [0.1, 0.15) is 0 Å². The largest absolute Gasteiger partial charge is 0.338 e. The van der Waals surface area contributed by atoms with Gasteiger partial charge in [0, 0.05) is 23.8 Å². The number of rotatable bonds is 4. The Balaban J connectivity index is 1.74. The Bertz CT molecular complexity index is 1000. The van der Waals surface area contributed by atoms with Gasteiger partial charge in [-0.3, -0.25) is 0 Å². The van der Waals surface area contributed by atoms with E-state index in [0.717, 1.165) is 5.69 Å². The molecule has 0 spiro atoms. The van der Waals surface area contributed by atoms with Gasteiger partial charge in [0.05, 0.1) is 0 Å². The number of hydrogen-bond acceptors (Lipinski definition) is 6. The van der Waals surface area contributed by atoms with Crippen molar-refractivity contribution in [3.63, 3.8) is 0 Å². The fraction of sp³-hybridized carbons (Fsp3) is 0. The number of anilines is 4. The molecular weight excluding hydrogens is 319 g/mol. The second-order valence-corrected chi connectivity index (χ2v) is 5.25. The lowest BCUT2D eigenvalue weighted by molar-refractivity contribution is 0.628. The molecule has 0 aliphatic rings. The minimum Gasteiger partial charge on any atom is -0.338 e. The SMILES string of the molecule is Fc1ccc(Nc2nc(Nc3ccccc3)nc3nccnc23)cc1. The van der Waals surface area contributed by atoms with Crippen molar-refractivity contribution in [2.45, 2.75) is 0 Å². The van der Waals surface area contributed by atoms with Crippen molar-refractivity contribution in [1.29, 1.82) is 0 Å². The van der Waals surface area contributed by atoms with Crippen LogP contribution >= 0.6 is 0 Å². The summed E-state index contributed by atoms with van der Waals surface area (Å²) in [4.78, 5) is 17.4. The quantitative estimate of drug-likeness (QED) is 0.587. The maximum Gasteiger partial charge on any atom is 0.231 e. The lowest BCUT2D eigenvalue weighted by atomic mass is 10.3. The second-order valence-electron chi connectivity index (χ2n) is 5.25. The molecule has 4 aromatic rings. The summed E-state index contributed by atoms with van der Waals surface area (Å²) in [5.41, 5.74) is 2.54. The van der Waals surface area contributed by atoms with Crippen molar-refractivity contribution in [3.8, 4) is 0 Å². The van der Waals surface area contributed by atoms with Crippen LogP contribution in [0.3, 0.4) is 0 Å². The van der Waals surface area contributed by atoms with Crippen LogP contribution in [-0.4, -0.2) is 19.9 Å². The number of aromatic nitrogens is 4. The first kappa shape index (κ1) is 14.9. The Labute approximate surface area is 142 Å². The van der Waals surface area contributed by atoms with Crippen molar-refractivity contribution >= 4 is 34.3 Å². The smallest absolute Gasteiger partial charge is 0.231 e. The third kappa shape index (κ3) is 3.35. The monoisotopic (exact) mass is 332 g/mol. The van der Waals surface area contributed by atoms with Gasteiger partial charge >= 0.3 is 0 Å². The number of hydrogen-bond donors (Lipinski definition) is 2. The Hall–Kier alpha value is -3.61. The zero-order valence-corrected chi connectivity index (χ0v) is 13.0. The molecule has 2 heterocycles. The molecule has 0 atom stereocenters. The standard InChI is InChI=1S/C18H13FN6/c19-12-6-8-14(9-7-12)22-17-15-16(21-11-10-20-15)24-18(25-17)23-13-4-2-1-3-5-13/h1-11H,(H2,21,22,23,24,25). The summed E-state index contributed by atoms with van der Waals surface area (Å²) in [6.07, 6.45) is 3.15. The van der Waals surface area contributed by atoms with E-state index in [4.69, 9.17) is 0 Å². The summed E-state index contributed by atoms with van der Waals surface area (Å²) >= 11 is 0. The normalized spacial score (nSPS) is 10.6. The van der Waals surface area contributed by atoms with Crippen LogP contribution in [0.25, 0.3) is 11.2 Å². The van der Waals surface area contributed by atoms with Crippen LogP contribution in [0.5, 0.6) is 0 Å². The fourth-order valence-electron chi connectivity index (χ4n) is 2.33. The highest BCUT2D eigenvalue weighted by molar-refractivity contribution is 5.85. The van der Waals surface area contributed by atoms with Crippen molar-refractivity contribution in [2.75, 3.05) is 10.6 Å². The van der Waals surface area contributed by atoms with Gasteiger partial charge in [-0.2, -0.15) is 9.97 Å². The highest BCUT2D eigenvalue weighted by atomic mass is 19.1. The molecule has 4 rings (SSSR count). The molecule has 0 aliphatic carbocycles. The minimum absolute atomic E-state index is 0.302. The molecule has 2 N–H and O–H groups in total. The van der Waals surface area contributed by atoms with Crippen LogP contribution < -0.4 is 10.6 Å². The maximum absolute atomic E-state index is 13.1. The van der Waals surface area contributed by atoms with E-state index in [9.17, 15) is 4.39 Å². The topological polar surface area (TPSA) is 75.6 Å². The molecule has 6 nitrogen and oxygen atoms in total. The number of halogens is 1. The zero-order valence-electron chi connectivity index (χ0n) is 13.0. The number of benzene rings is 2. The summed E-state index contributed by atoms with van der Waals surface area (Å²) in [5, 5.41) is 6.28. The molecule has 0 saturated carbocycles. The van der Waals surface area contributed by atoms with Crippen LogP contribution in [0.4, 0.5) is 27.5 Å². The van der Waals surface area contributed by atoms with Gasteiger partial charge in [0.15, 0.2) is 17.0 Å². The minimum atomic E-state index is -0.302. The van der Waals surface area contributed by atoms with Gasteiger partial charge in [-0.1, -0.05) is 18.2 Å². The van der Waals surface area contributed by atoms with Gasteiger partial charge in [0.1, 0.15) is 5.82 Å². The van der Waals surface area contributed by atoms with E-state index in [2.05, 4.69) is 30.6 Å². The van der Waals surface area contributed by atoms with E-state index >= 15 is 0 Å². The summed E-state index contributed by atoms with van der Waals surface area (Å²) in [6, 6.07) is 15.6. The van der Waals surface area contributed by atoms with Gasteiger partial charge in [-0.25, -0.2) is 14.4 Å². The molecule has 0 aliphatic heterocycles. The number of nitrogens with zero attached hydrogens (tertiary/aromatic N) is 4. The Morgan fingerprint density at radius 1 is 0.720 bits per heavy atom. The van der Waals surface area contributed by atoms with Crippen LogP contribution in [-0.2, 0) is 0 Å². The highest BCUT2D eigenvalue weighted by Gasteiger charge is 2.10. The lowest BCUT2D eigenvalue weighted by Crippen LogP contribution is -2.04. The van der Waals surface area contributed by atoms with Gasteiger partial charge in [-0.15, -0.1) is 0 Å². The molecular formula is C18H13FN6. The van der Waals surface area contributed by atoms with Crippen molar-refractivity contribution in [1.82, 2.24) is 19.9 Å². The third-order valence-electron chi connectivity index (χ3n) is 3.47. The molecule has 2 aromatic heterocycles. The molecule has 0 saturated heterocycles. The van der Waals surface area contributed by atoms with Crippen LogP contribution in [0.2, 0.25) is 0 Å². The molecule has 7 heteroatoms. The predicted molar refractivity (Wildman–Crippen MR) is 94.5 cm³/mol. The van der Waals surface area contributed by atoms with Crippen LogP contribution in [0, 0.1) is 5.82 Å². The Morgan fingerprint density at radius 2 is 1.44 bits per heavy atom. The molecule has 0 unspecified atom stereocenters. The van der Waals surface area contributed by atoms with Gasteiger partial charge in [0.25, 0.3) is 0 Å².